The van der Waals surface area contributed by atoms with Crippen molar-refractivity contribution >= 4 is 37.0 Å². The van der Waals surface area contributed by atoms with Crippen molar-refractivity contribution in [3.8, 4) is 0 Å². The lowest BCUT2D eigenvalue weighted by molar-refractivity contribution is 0.0778. The summed E-state index contributed by atoms with van der Waals surface area (Å²) in [4.78, 5) is 13.9. The Bertz CT molecular complexity index is 577. The highest BCUT2D eigenvalue weighted by Crippen LogP contribution is 2.31. The van der Waals surface area contributed by atoms with E-state index in [-0.39, 0.29) is 15.5 Å². The summed E-state index contributed by atoms with van der Waals surface area (Å²) in [5.74, 6) is -0.122. The number of likely N-dealkylation sites (tertiary alicyclic amines) is 1. The monoisotopic (exact) mass is 307 g/mol. The van der Waals surface area contributed by atoms with Crippen LogP contribution in [-0.4, -0.2) is 32.3 Å². The van der Waals surface area contributed by atoms with Crippen LogP contribution in [0.4, 0.5) is 0 Å². The molecule has 0 aromatic carbocycles. The maximum Gasteiger partial charge on any atom is 0.270 e. The van der Waals surface area contributed by atoms with Crippen LogP contribution in [0.5, 0.6) is 0 Å². The zero-order valence-corrected chi connectivity index (χ0v) is 12.5. The fraction of sp³-hybridized carbons (Fsp3) is 0.545. The molecule has 0 radical (unpaired) electrons. The first-order valence-electron chi connectivity index (χ1n) is 5.51. The van der Waals surface area contributed by atoms with E-state index >= 15 is 0 Å². The summed E-state index contributed by atoms with van der Waals surface area (Å²) in [6, 6.07) is 1.35. The van der Waals surface area contributed by atoms with Crippen LogP contribution in [0.3, 0.4) is 0 Å². The van der Waals surface area contributed by atoms with Crippen molar-refractivity contribution in [2.75, 3.05) is 13.1 Å². The molecule has 1 aliphatic heterocycles. The average molecular weight is 308 g/mol. The molecule has 1 fully saturated rings. The second-order valence-electron chi connectivity index (χ2n) is 5.23. The Hall–Kier alpha value is -0.590. The molecule has 1 aromatic rings. The summed E-state index contributed by atoms with van der Waals surface area (Å²) in [7, 11) is 1.50. The number of rotatable bonds is 2. The van der Waals surface area contributed by atoms with Crippen LogP contribution in [0.25, 0.3) is 0 Å². The van der Waals surface area contributed by atoms with Crippen LogP contribution >= 0.6 is 22.0 Å². The van der Waals surface area contributed by atoms with Crippen molar-refractivity contribution in [1.82, 2.24) is 4.90 Å². The summed E-state index contributed by atoms with van der Waals surface area (Å²) < 4.78 is 22.3. The van der Waals surface area contributed by atoms with Gasteiger partial charge >= 0.3 is 0 Å². The molecule has 1 amide bonds. The fourth-order valence-electron chi connectivity index (χ4n) is 2.02. The molecule has 1 aromatic heterocycles. The average Bonchev–Trinajstić information content (AvgIpc) is 2.82. The Kier molecular flexibility index (Phi) is 3.46. The minimum absolute atomic E-state index is 0.0194. The number of hydrogen-bond donors (Lipinski definition) is 0. The molecule has 0 N–H and O–H groups in total. The molecular weight excluding hydrogens is 294 g/mol. The molecule has 2 rings (SSSR count). The fourth-order valence-corrected chi connectivity index (χ4v) is 3.96. The van der Waals surface area contributed by atoms with E-state index in [4.69, 9.17) is 10.7 Å². The lowest BCUT2D eigenvalue weighted by atomic mass is 9.93. The highest BCUT2D eigenvalue weighted by atomic mass is 35.7. The predicted octanol–water partition coefficient (Wildman–Crippen LogP) is 2.55. The third-order valence-electron chi connectivity index (χ3n) is 3.03. The van der Waals surface area contributed by atoms with E-state index in [1.54, 1.807) is 10.3 Å². The Labute approximate surface area is 115 Å². The Morgan fingerprint density at radius 2 is 2.17 bits per heavy atom. The van der Waals surface area contributed by atoms with Gasteiger partial charge in [-0.05, 0) is 17.9 Å². The Morgan fingerprint density at radius 1 is 1.50 bits per heavy atom. The smallest absolute Gasteiger partial charge is 0.270 e. The SMILES string of the molecule is CC1(C)CCN(C(=O)c2csc(S(=O)(=O)Cl)c2)C1. The first-order chi connectivity index (χ1) is 8.19. The Balaban J connectivity index is 2.18. The van der Waals surface area contributed by atoms with Crippen molar-refractivity contribution in [2.24, 2.45) is 5.41 Å². The zero-order chi connectivity index (χ0) is 13.6. The summed E-state index contributed by atoms with van der Waals surface area (Å²) in [5.41, 5.74) is 0.532. The number of halogens is 1. The minimum atomic E-state index is -3.74. The van der Waals surface area contributed by atoms with Crippen molar-refractivity contribution in [1.29, 1.82) is 0 Å². The molecule has 0 unspecified atom stereocenters. The van der Waals surface area contributed by atoms with E-state index in [9.17, 15) is 13.2 Å². The number of carbonyl (C=O) groups excluding carboxylic acids is 1. The summed E-state index contributed by atoms with van der Waals surface area (Å²) in [6.07, 6.45) is 0.962. The van der Waals surface area contributed by atoms with E-state index in [0.717, 1.165) is 17.8 Å². The number of amides is 1. The van der Waals surface area contributed by atoms with Crippen LogP contribution in [-0.2, 0) is 9.05 Å². The van der Waals surface area contributed by atoms with E-state index in [2.05, 4.69) is 13.8 Å². The molecule has 7 heteroatoms. The first kappa shape index (κ1) is 13.8. The van der Waals surface area contributed by atoms with E-state index in [1.165, 1.54) is 6.07 Å². The van der Waals surface area contributed by atoms with Gasteiger partial charge in [0.25, 0.3) is 15.0 Å². The number of thiophene rings is 1. The van der Waals surface area contributed by atoms with Crippen LogP contribution in [0, 0.1) is 5.41 Å². The van der Waals surface area contributed by atoms with Crippen LogP contribution in [0.2, 0.25) is 0 Å². The van der Waals surface area contributed by atoms with Gasteiger partial charge in [-0.2, -0.15) is 0 Å². The standard InChI is InChI=1S/C11H14ClNO3S2/c1-11(2)3-4-13(7-11)10(14)8-5-9(17-6-8)18(12,15)16/h5-6H,3-4,7H2,1-2H3. The maximum atomic E-state index is 12.2. The lowest BCUT2D eigenvalue weighted by Gasteiger charge is -2.19. The van der Waals surface area contributed by atoms with Crippen LogP contribution < -0.4 is 0 Å². The third-order valence-corrected chi connectivity index (χ3v) is 6.07. The highest BCUT2D eigenvalue weighted by molar-refractivity contribution is 8.15. The first-order valence-corrected chi connectivity index (χ1v) is 8.70. The minimum Gasteiger partial charge on any atom is -0.338 e. The van der Waals surface area contributed by atoms with Gasteiger partial charge in [0.05, 0.1) is 5.56 Å². The van der Waals surface area contributed by atoms with Gasteiger partial charge in [0.15, 0.2) is 0 Å². The van der Waals surface area contributed by atoms with Gasteiger partial charge in [0.1, 0.15) is 4.21 Å². The molecule has 0 atom stereocenters. The second-order valence-corrected chi connectivity index (χ2v) is 8.94. The third kappa shape index (κ3) is 2.87. The van der Waals surface area contributed by atoms with Gasteiger partial charge in [0, 0.05) is 29.2 Å². The summed E-state index contributed by atoms with van der Waals surface area (Å²) in [5, 5.41) is 1.54. The van der Waals surface area contributed by atoms with Gasteiger partial charge < -0.3 is 4.90 Å². The van der Waals surface area contributed by atoms with Gasteiger partial charge in [0.2, 0.25) is 0 Å². The van der Waals surface area contributed by atoms with Gasteiger partial charge in [-0.15, -0.1) is 11.3 Å². The molecule has 18 heavy (non-hydrogen) atoms. The summed E-state index contributed by atoms with van der Waals surface area (Å²) >= 11 is 0.976. The molecule has 4 nitrogen and oxygen atoms in total. The second kappa shape index (κ2) is 4.51. The number of hydrogen-bond acceptors (Lipinski definition) is 4. The van der Waals surface area contributed by atoms with Gasteiger partial charge in [-0.25, -0.2) is 8.42 Å². The molecule has 0 aliphatic carbocycles. The van der Waals surface area contributed by atoms with Crippen LogP contribution in [0.15, 0.2) is 15.7 Å². The molecule has 0 saturated carbocycles. The molecule has 0 spiro atoms. The normalized spacial score (nSPS) is 19.2. The topological polar surface area (TPSA) is 54.5 Å². The van der Waals surface area contributed by atoms with E-state index in [1.807, 2.05) is 0 Å². The van der Waals surface area contributed by atoms with Crippen molar-refractivity contribution in [3.63, 3.8) is 0 Å². The highest BCUT2D eigenvalue weighted by Gasteiger charge is 2.33. The van der Waals surface area contributed by atoms with Crippen molar-refractivity contribution in [3.05, 3.63) is 17.0 Å². The molecule has 1 saturated heterocycles. The van der Waals surface area contributed by atoms with Crippen molar-refractivity contribution in [2.45, 2.75) is 24.5 Å². The largest absolute Gasteiger partial charge is 0.338 e. The molecular formula is C11H14ClNO3S2. The number of carbonyl (C=O) groups is 1. The quantitative estimate of drug-likeness (QED) is 0.789. The predicted molar refractivity (Wildman–Crippen MR) is 71.7 cm³/mol. The van der Waals surface area contributed by atoms with Crippen molar-refractivity contribution < 1.29 is 13.2 Å². The zero-order valence-electron chi connectivity index (χ0n) is 10.1. The Morgan fingerprint density at radius 3 is 2.61 bits per heavy atom. The maximum absolute atomic E-state index is 12.2. The van der Waals surface area contributed by atoms with Gasteiger partial charge in [-0.3, -0.25) is 4.79 Å². The van der Waals surface area contributed by atoms with Crippen LogP contribution in [0.1, 0.15) is 30.6 Å². The van der Waals surface area contributed by atoms with E-state index < -0.39 is 9.05 Å². The molecule has 2 heterocycles. The molecule has 100 valence electrons. The van der Waals surface area contributed by atoms with E-state index in [0.29, 0.717) is 18.7 Å². The lowest BCUT2D eigenvalue weighted by Crippen LogP contribution is -2.29. The molecule has 0 bridgehead atoms. The molecule has 1 aliphatic rings. The summed E-state index contributed by atoms with van der Waals surface area (Å²) in [6.45, 7) is 5.64. The number of nitrogens with zero attached hydrogens (tertiary/aromatic N) is 1. The van der Waals surface area contributed by atoms with Gasteiger partial charge in [-0.1, -0.05) is 13.8 Å².